The molecule has 0 aromatic carbocycles. The van der Waals surface area contributed by atoms with Gasteiger partial charge in [0, 0.05) is 12.8 Å². The van der Waals surface area contributed by atoms with Crippen LogP contribution in [0.2, 0.25) is 0 Å². The van der Waals surface area contributed by atoms with E-state index in [-0.39, 0.29) is 19.4 Å². The first-order valence-electron chi connectivity index (χ1n) is 9.49. The van der Waals surface area contributed by atoms with Crippen LogP contribution in [0.15, 0.2) is 0 Å². The number of ether oxygens (including phenoxy) is 2. The maximum Gasteiger partial charge on any atom is 0.472 e. The van der Waals surface area contributed by atoms with Crippen LogP contribution in [-0.4, -0.2) is 65.7 Å². The molecule has 0 rings (SSSR count). The van der Waals surface area contributed by atoms with Crippen LogP contribution in [-0.2, 0) is 32.7 Å². The van der Waals surface area contributed by atoms with Crippen LogP contribution in [0.4, 0.5) is 0 Å². The zero-order chi connectivity index (χ0) is 21.4. The van der Waals surface area contributed by atoms with Crippen molar-refractivity contribution >= 4 is 19.8 Å². The number of carbonyl (C=O) groups excluding carboxylic acids is 2. The van der Waals surface area contributed by atoms with Crippen LogP contribution < -0.4 is 0 Å². The molecule has 0 fully saturated rings. The van der Waals surface area contributed by atoms with Gasteiger partial charge in [0.25, 0.3) is 0 Å². The molecule has 11 heteroatoms. The largest absolute Gasteiger partial charge is 0.472 e. The number of esters is 2. The summed E-state index contributed by atoms with van der Waals surface area (Å²) in [4.78, 5) is 33.0. The number of phosphoric ester groups is 1. The molecular formula is C17H33O10P. The van der Waals surface area contributed by atoms with Gasteiger partial charge >= 0.3 is 19.8 Å². The van der Waals surface area contributed by atoms with E-state index in [1.54, 1.807) is 6.92 Å². The molecule has 3 unspecified atom stereocenters. The lowest BCUT2D eigenvalue weighted by molar-refractivity contribution is -0.161. The molecule has 0 aliphatic carbocycles. The second-order valence-corrected chi connectivity index (χ2v) is 7.71. The first kappa shape index (κ1) is 27.0. The van der Waals surface area contributed by atoms with Crippen LogP contribution in [0.25, 0.3) is 0 Å². The van der Waals surface area contributed by atoms with Crippen molar-refractivity contribution in [2.24, 2.45) is 0 Å². The van der Waals surface area contributed by atoms with Gasteiger partial charge in [-0.1, -0.05) is 33.1 Å². The molecule has 3 atom stereocenters. The van der Waals surface area contributed by atoms with Crippen LogP contribution in [0, 0.1) is 0 Å². The molecule has 0 aliphatic rings. The molecule has 0 spiro atoms. The van der Waals surface area contributed by atoms with Gasteiger partial charge in [0.1, 0.15) is 12.7 Å². The van der Waals surface area contributed by atoms with E-state index in [4.69, 9.17) is 24.2 Å². The first-order valence-corrected chi connectivity index (χ1v) is 11.0. The Bertz CT molecular complexity index is 485. The zero-order valence-corrected chi connectivity index (χ0v) is 17.5. The van der Waals surface area contributed by atoms with E-state index in [9.17, 15) is 19.0 Å². The van der Waals surface area contributed by atoms with Crippen LogP contribution >= 0.6 is 7.82 Å². The fraction of sp³-hybridized carbons (Fsp3) is 0.882. The molecule has 0 aromatic heterocycles. The minimum atomic E-state index is -4.55. The first-order chi connectivity index (χ1) is 13.2. The van der Waals surface area contributed by atoms with E-state index in [0.29, 0.717) is 12.8 Å². The van der Waals surface area contributed by atoms with Crippen LogP contribution in [0.3, 0.4) is 0 Å². The Morgan fingerprint density at radius 2 is 1.61 bits per heavy atom. The highest BCUT2D eigenvalue weighted by atomic mass is 31.2. The molecule has 0 radical (unpaired) electrons. The van der Waals surface area contributed by atoms with E-state index in [0.717, 1.165) is 19.3 Å². The van der Waals surface area contributed by atoms with E-state index >= 15 is 0 Å². The topological polar surface area (TPSA) is 149 Å². The Balaban J connectivity index is 4.59. The summed E-state index contributed by atoms with van der Waals surface area (Å²) >= 11 is 0. The number of hydrogen-bond donors (Lipinski definition) is 3. The van der Waals surface area contributed by atoms with Crippen molar-refractivity contribution in [1.82, 2.24) is 0 Å². The van der Waals surface area contributed by atoms with Gasteiger partial charge in [0.15, 0.2) is 6.10 Å². The second kappa shape index (κ2) is 15.8. The molecule has 0 aromatic rings. The number of phosphoric acid groups is 1. The van der Waals surface area contributed by atoms with Crippen molar-refractivity contribution in [2.75, 3.05) is 26.4 Å². The lowest BCUT2D eigenvalue weighted by atomic mass is 10.1. The van der Waals surface area contributed by atoms with Crippen molar-refractivity contribution in [1.29, 1.82) is 0 Å². The van der Waals surface area contributed by atoms with Crippen LogP contribution in [0.5, 0.6) is 0 Å². The third-order valence-corrected chi connectivity index (χ3v) is 4.43. The monoisotopic (exact) mass is 428 g/mol. The van der Waals surface area contributed by atoms with Gasteiger partial charge < -0.3 is 24.6 Å². The molecule has 0 heterocycles. The van der Waals surface area contributed by atoms with Crippen molar-refractivity contribution in [3.05, 3.63) is 0 Å². The zero-order valence-electron chi connectivity index (χ0n) is 16.6. The Hall–Kier alpha value is -1.03. The average molecular weight is 428 g/mol. The Morgan fingerprint density at radius 1 is 0.929 bits per heavy atom. The average Bonchev–Trinajstić information content (AvgIpc) is 2.65. The summed E-state index contributed by atoms with van der Waals surface area (Å²) < 4.78 is 31.2. The van der Waals surface area contributed by atoms with Crippen molar-refractivity contribution in [3.8, 4) is 0 Å². The Morgan fingerprint density at radius 3 is 2.21 bits per heavy atom. The van der Waals surface area contributed by atoms with Gasteiger partial charge in [-0.25, -0.2) is 4.57 Å². The highest BCUT2D eigenvalue weighted by Crippen LogP contribution is 2.43. The summed E-state index contributed by atoms with van der Waals surface area (Å²) in [6.45, 7) is 1.73. The molecular weight excluding hydrogens is 395 g/mol. The summed E-state index contributed by atoms with van der Waals surface area (Å²) in [7, 11) is -4.55. The molecule has 28 heavy (non-hydrogen) atoms. The lowest BCUT2D eigenvalue weighted by Crippen LogP contribution is -2.29. The minimum Gasteiger partial charge on any atom is -0.462 e. The minimum absolute atomic E-state index is 0.176. The lowest BCUT2D eigenvalue weighted by Gasteiger charge is -2.20. The quantitative estimate of drug-likeness (QED) is 0.177. The van der Waals surface area contributed by atoms with Crippen LogP contribution in [0.1, 0.15) is 58.8 Å². The molecule has 0 bridgehead atoms. The van der Waals surface area contributed by atoms with Crippen molar-refractivity contribution in [2.45, 2.75) is 71.0 Å². The van der Waals surface area contributed by atoms with Gasteiger partial charge in [0.2, 0.25) is 0 Å². The van der Waals surface area contributed by atoms with E-state index in [1.165, 1.54) is 0 Å². The molecule has 0 amide bonds. The summed E-state index contributed by atoms with van der Waals surface area (Å²) in [5.41, 5.74) is 0. The van der Waals surface area contributed by atoms with Gasteiger partial charge in [-0.2, -0.15) is 0 Å². The Kier molecular flexibility index (Phi) is 15.3. The maximum absolute atomic E-state index is 11.9. The van der Waals surface area contributed by atoms with Gasteiger partial charge in [-0.3, -0.25) is 18.6 Å². The summed E-state index contributed by atoms with van der Waals surface area (Å²) in [6, 6.07) is 0. The highest BCUT2D eigenvalue weighted by Gasteiger charge is 2.27. The number of rotatable bonds is 17. The number of aliphatic hydroxyl groups excluding tert-OH is 2. The number of hydrogen-bond acceptors (Lipinski definition) is 9. The van der Waals surface area contributed by atoms with E-state index in [2.05, 4.69) is 4.52 Å². The fourth-order valence-electron chi connectivity index (χ4n) is 1.97. The van der Waals surface area contributed by atoms with Crippen molar-refractivity contribution in [3.63, 3.8) is 0 Å². The summed E-state index contributed by atoms with van der Waals surface area (Å²) in [6.07, 6.45) is 2.09. The third-order valence-electron chi connectivity index (χ3n) is 3.48. The third kappa shape index (κ3) is 15.0. The molecule has 3 N–H and O–H groups in total. The predicted molar refractivity (Wildman–Crippen MR) is 99.3 cm³/mol. The normalized spacial score (nSPS) is 15.5. The van der Waals surface area contributed by atoms with Gasteiger partial charge in [-0.15, -0.1) is 0 Å². The number of unbranched alkanes of at least 4 members (excludes halogenated alkanes) is 3. The van der Waals surface area contributed by atoms with Crippen molar-refractivity contribution < 1.29 is 47.8 Å². The van der Waals surface area contributed by atoms with E-state index < -0.39 is 51.8 Å². The van der Waals surface area contributed by atoms with E-state index in [1.807, 2.05) is 6.92 Å². The standard InChI is InChI=1S/C17H33O10P/c1-3-5-6-7-9-17(21)27-15(12-24-16(20)8-4-2)13-26-28(22,23)25-11-14(19)10-18/h14-15,18-19H,3-13H2,1-2H3,(H,22,23). The smallest absolute Gasteiger partial charge is 0.462 e. The molecule has 0 saturated carbocycles. The van der Waals surface area contributed by atoms with Gasteiger partial charge in [0.05, 0.1) is 19.8 Å². The molecule has 0 saturated heterocycles. The molecule has 10 nitrogen and oxygen atoms in total. The SMILES string of the molecule is CCCCCCC(=O)OC(COC(=O)CCC)COP(=O)(O)OCC(O)CO. The molecule has 166 valence electrons. The Labute approximate surface area is 165 Å². The molecule has 0 aliphatic heterocycles. The number of carbonyl (C=O) groups is 2. The predicted octanol–water partition coefficient (Wildman–Crippen LogP) is 1.70. The van der Waals surface area contributed by atoms with Gasteiger partial charge in [-0.05, 0) is 12.8 Å². The highest BCUT2D eigenvalue weighted by molar-refractivity contribution is 7.47. The number of aliphatic hydroxyl groups is 2. The maximum atomic E-state index is 11.9. The summed E-state index contributed by atoms with van der Waals surface area (Å²) in [5, 5.41) is 17.8. The second-order valence-electron chi connectivity index (χ2n) is 6.25. The fourth-order valence-corrected chi connectivity index (χ4v) is 2.76. The summed E-state index contributed by atoms with van der Waals surface area (Å²) in [5.74, 6) is -1.01.